The van der Waals surface area contributed by atoms with Gasteiger partial charge in [0.1, 0.15) is 11.3 Å². The molecular weight excluding hydrogens is 342 g/mol. The lowest BCUT2D eigenvalue weighted by Gasteiger charge is -2.00. The Morgan fingerprint density at radius 3 is 2.52 bits per heavy atom. The van der Waals surface area contributed by atoms with Gasteiger partial charge < -0.3 is 9.26 Å². The molecule has 7 nitrogen and oxygen atoms in total. The van der Waals surface area contributed by atoms with Crippen LogP contribution in [0, 0.1) is 13.8 Å². The molecule has 0 aliphatic rings. The molecule has 2 heterocycles. The molecule has 0 unspecified atom stereocenters. The Morgan fingerprint density at radius 2 is 1.92 bits per heavy atom. The van der Waals surface area contributed by atoms with Crippen molar-refractivity contribution < 1.29 is 18.8 Å². The van der Waals surface area contributed by atoms with E-state index >= 15 is 0 Å². The summed E-state index contributed by atoms with van der Waals surface area (Å²) in [6, 6.07) is 9.32. The van der Waals surface area contributed by atoms with E-state index in [9.17, 15) is 9.59 Å². The summed E-state index contributed by atoms with van der Waals surface area (Å²) in [5.41, 5.74) is 1.82. The Labute approximate surface area is 147 Å². The predicted molar refractivity (Wildman–Crippen MR) is 92.8 cm³/mol. The summed E-state index contributed by atoms with van der Waals surface area (Å²) in [6.07, 6.45) is 0. The Morgan fingerprint density at radius 1 is 1.20 bits per heavy atom. The van der Waals surface area contributed by atoms with Gasteiger partial charge in [-0.3, -0.25) is 10.1 Å². The summed E-state index contributed by atoms with van der Waals surface area (Å²) in [6.45, 7) is 3.34. The third kappa shape index (κ3) is 3.29. The minimum Gasteiger partial charge on any atom is -0.464 e. The van der Waals surface area contributed by atoms with E-state index in [4.69, 9.17) is 9.26 Å². The van der Waals surface area contributed by atoms with E-state index < -0.39 is 5.97 Å². The standard InChI is InChI=1S/C17H15N3O4S/c1-9-12(10(2)24-20-9)15(21)19-17-18-13(16(22)23-3)14(25-17)11-7-5-4-6-8-11/h4-8H,1-3H3,(H,18,19,21). The number of aromatic nitrogens is 2. The van der Waals surface area contributed by atoms with Gasteiger partial charge in [-0.15, -0.1) is 0 Å². The zero-order valence-electron chi connectivity index (χ0n) is 13.8. The van der Waals surface area contributed by atoms with E-state index in [1.807, 2.05) is 30.3 Å². The van der Waals surface area contributed by atoms with Crippen LogP contribution in [0.3, 0.4) is 0 Å². The average Bonchev–Trinajstić information content (AvgIpc) is 3.18. The molecule has 0 fully saturated rings. The number of benzene rings is 1. The summed E-state index contributed by atoms with van der Waals surface area (Å²) in [5.74, 6) is -0.531. The van der Waals surface area contributed by atoms with E-state index in [0.29, 0.717) is 27.0 Å². The molecule has 3 rings (SSSR count). The van der Waals surface area contributed by atoms with Crippen LogP contribution in [0.5, 0.6) is 0 Å². The lowest BCUT2D eigenvalue weighted by atomic mass is 10.1. The molecule has 3 aromatic rings. The van der Waals surface area contributed by atoms with Crippen molar-refractivity contribution in [2.45, 2.75) is 13.8 Å². The molecule has 0 spiro atoms. The Bertz CT molecular complexity index is 911. The average molecular weight is 357 g/mol. The number of hydrogen-bond acceptors (Lipinski definition) is 7. The largest absolute Gasteiger partial charge is 0.464 e. The lowest BCUT2D eigenvalue weighted by molar-refractivity contribution is 0.0595. The molecule has 25 heavy (non-hydrogen) atoms. The second-order valence-electron chi connectivity index (χ2n) is 5.21. The Kier molecular flexibility index (Phi) is 4.62. The number of ether oxygens (including phenoxy) is 1. The van der Waals surface area contributed by atoms with Gasteiger partial charge in [0.25, 0.3) is 5.91 Å². The second kappa shape index (κ2) is 6.86. The molecule has 2 aromatic heterocycles. The summed E-state index contributed by atoms with van der Waals surface area (Å²) in [5, 5.41) is 6.76. The fraction of sp³-hybridized carbons (Fsp3) is 0.176. The second-order valence-corrected chi connectivity index (χ2v) is 6.21. The van der Waals surface area contributed by atoms with Gasteiger partial charge in [0, 0.05) is 0 Å². The number of hydrogen-bond donors (Lipinski definition) is 1. The first-order valence-electron chi connectivity index (χ1n) is 7.40. The topological polar surface area (TPSA) is 94.3 Å². The maximum atomic E-state index is 12.5. The summed E-state index contributed by atoms with van der Waals surface area (Å²) in [4.78, 5) is 29.3. The van der Waals surface area contributed by atoms with Crippen molar-refractivity contribution >= 4 is 28.3 Å². The highest BCUT2D eigenvalue weighted by Gasteiger charge is 2.23. The van der Waals surface area contributed by atoms with Crippen molar-refractivity contribution in [3.8, 4) is 10.4 Å². The number of anilines is 1. The molecule has 0 atom stereocenters. The van der Waals surface area contributed by atoms with Gasteiger partial charge in [-0.2, -0.15) is 0 Å². The highest BCUT2D eigenvalue weighted by atomic mass is 32.1. The number of esters is 1. The van der Waals surface area contributed by atoms with E-state index in [1.165, 1.54) is 18.4 Å². The van der Waals surface area contributed by atoms with Gasteiger partial charge in [0.05, 0.1) is 17.7 Å². The number of nitrogens with one attached hydrogen (secondary N) is 1. The van der Waals surface area contributed by atoms with Crippen LogP contribution in [-0.4, -0.2) is 29.1 Å². The third-order valence-corrected chi connectivity index (χ3v) is 4.54. The quantitative estimate of drug-likeness (QED) is 0.719. The molecule has 0 saturated carbocycles. The summed E-state index contributed by atoms with van der Waals surface area (Å²) in [7, 11) is 1.29. The molecule has 0 radical (unpaired) electrons. The monoisotopic (exact) mass is 357 g/mol. The van der Waals surface area contributed by atoms with Gasteiger partial charge in [-0.25, -0.2) is 9.78 Å². The van der Waals surface area contributed by atoms with E-state index in [0.717, 1.165) is 5.56 Å². The van der Waals surface area contributed by atoms with Crippen LogP contribution in [0.25, 0.3) is 10.4 Å². The Balaban J connectivity index is 1.97. The number of rotatable bonds is 4. The molecule has 1 aromatic carbocycles. The summed E-state index contributed by atoms with van der Waals surface area (Å²) < 4.78 is 9.80. The zero-order valence-corrected chi connectivity index (χ0v) is 14.6. The fourth-order valence-electron chi connectivity index (χ4n) is 2.36. The first-order chi connectivity index (χ1) is 12.0. The molecule has 1 N–H and O–H groups in total. The van der Waals surface area contributed by atoms with Gasteiger partial charge in [-0.1, -0.05) is 46.8 Å². The number of carbonyl (C=O) groups is 2. The van der Waals surface area contributed by atoms with Gasteiger partial charge in [0.2, 0.25) is 0 Å². The van der Waals surface area contributed by atoms with Crippen LogP contribution in [0.4, 0.5) is 5.13 Å². The van der Waals surface area contributed by atoms with Crippen LogP contribution in [0.2, 0.25) is 0 Å². The van der Waals surface area contributed by atoms with Gasteiger partial charge in [0.15, 0.2) is 10.8 Å². The van der Waals surface area contributed by atoms with Crippen LogP contribution in [0.15, 0.2) is 34.9 Å². The molecule has 0 saturated heterocycles. The molecule has 0 bridgehead atoms. The number of methoxy groups -OCH3 is 1. The first kappa shape index (κ1) is 16.8. The van der Waals surface area contributed by atoms with Crippen LogP contribution in [0.1, 0.15) is 32.3 Å². The number of aryl methyl sites for hydroxylation is 2. The fourth-order valence-corrected chi connectivity index (χ4v) is 3.31. The maximum Gasteiger partial charge on any atom is 0.358 e. The number of nitrogens with zero attached hydrogens (tertiary/aromatic N) is 2. The highest BCUT2D eigenvalue weighted by Crippen LogP contribution is 2.33. The predicted octanol–water partition coefficient (Wildman–Crippen LogP) is 3.45. The van der Waals surface area contributed by atoms with Crippen molar-refractivity contribution in [1.29, 1.82) is 0 Å². The smallest absolute Gasteiger partial charge is 0.358 e. The number of carbonyl (C=O) groups excluding carboxylic acids is 2. The van der Waals surface area contributed by atoms with E-state index in [2.05, 4.69) is 15.5 Å². The van der Waals surface area contributed by atoms with E-state index in [1.54, 1.807) is 13.8 Å². The number of thiazole rings is 1. The minimum absolute atomic E-state index is 0.160. The Hall–Kier alpha value is -3.00. The van der Waals surface area contributed by atoms with Crippen LogP contribution < -0.4 is 5.32 Å². The van der Waals surface area contributed by atoms with Gasteiger partial charge in [-0.05, 0) is 19.4 Å². The van der Waals surface area contributed by atoms with Crippen molar-refractivity contribution in [3.05, 3.63) is 53.0 Å². The lowest BCUT2D eigenvalue weighted by Crippen LogP contribution is -2.13. The first-order valence-corrected chi connectivity index (χ1v) is 8.21. The molecule has 128 valence electrons. The van der Waals surface area contributed by atoms with Gasteiger partial charge >= 0.3 is 5.97 Å². The zero-order chi connectivity index (χ0) is 18.0. The van der Waals surface area contributed by atoms with Crippen molar-refractivity contribution in [2.75, 3.05) is 12.4 Å². The molecule has 0 aliphatic carbocycles. The van der Waals surface area contributed by atoms with Crippen LogP contribution >= 0.6 is 11.3 Å². The normalized spacial score (nSPS) is 10.5. The SMILES string of the molecule is COC(=O)c1nc(NC(=O)c2c(C)noc2C)sc1-c1ccccc1. The molecular formula is C17H15N3O4S. The van der Waals surface area contributed by atoms with Crippen LogP contribution in [-0.2, 0) is 4.74 Å². The number of amides is 1. The highest BCUT2D eigenvalue weighted by molar-refractivity contribution is 7.19. The summed E-state index contributed by atoms with van der Waals surface area (Å²) >= 11 is 1.20. The van der Waals surface area contributed by atoms with Crippen molar-refractivity contribution in [1.82, 2.24) is 10.1 Å². The molecule has 0 aliphatic heterocycles. The van der Waals surface area contributed by atoms with E-state index in [-0.39, 0.29) is 11.6 Å². The third-order valence-electron chi connectivity index (χ3n) is 3.52. The van der Waals surface area contributed by atoms with Crippen molar-refractivity contribution in [2.24, 2.45) is 0 Å². The molecule has 1 amide bonds. The maximum absolute atomic E-state index is 12.5. The van der Waals surface area contributed by atoms with Crippen molar-refractivity contribution in [3.63, 3.8) is 0 Å². The molecule has 8 heteroatoms. The minimum atomic E-state index is -0.562.